The van der Waals surface area contributed by atoms with Crippen molar-refractivity contribution >= 4 is 5.78 Å². The Balaban J connectivity index is 2.12. The molecule has 0 amide bonds. The van der Waals surface area contributed by atoms with E-state index in [4.69, 9.17) is 0 Å². The third-order valence-corrected chi connectivity index (χ3v) is 3.66. The largest absolute Gasteiger partial charge is 0.299 e. The average Bonchev–Trinajstić information content (AvgIpc) is 2.50. The highest BCUT2D eigenvalue weighted by Crippen LogP contribution is 2.24. The lowest BCUT2D eigenvalue weighted by molar-refractivity contribution is -0.120. The summed E-state index contributed by atoms with van der Waals surface area (Å²) in [5, 5.41) is 0. The summed E-state index contributed by atoms with van der Waals surface area (Å²) >= 11 is 0. The van der Waals surface area contributed by atoms with Crippen LogP contribution in [0.4, 0.5) is 0 Å². The zero-order chi connectivity index (χ0) is 14.2. The maximum atomic E-state index is 12.6. The van der Waals surface area contributed by atoms with Gasteiger partial charge >= 0.3 is 0 Å². The summed E-state index contributed by atoms with van der Waals surface area (Å²) in [5.74, 6) is 0.368. The summed E-state index contributed by atoms with van der Waals surface area (Å²) in [5.41, 5.74) is 2.26. The van der Waals surface area contributed by atoms with E-state index in [1.54, 1.807) is 0 Å². The smallest absolute Gasteiger partial charge is 0.144 e. The summed E-state index contributed by atoms with van der Waals surface area (Å²) < 4.78 is 0. The highest BCUT2D eigenvalue weighted by Gasteiger charge is 2.19. The number of Topliss-reactive ketones (excluding diaryl/α,β-unsaturated/α-hetero) is 1. The summed E-state index contributed by atoms with van der Waals surface area (Å²) in [6.45, 7) is 2.17. The van der Waals surface area contributed by atoms with Gasteiger partial charge < -0.3 is 0 Å². The summed E-state index contributed by atoms with van der Waals surface area (Å²) in [4.78, 5) is 12.6. The topological polar surface area (TPSA) is 17.1 Å². The van der Waals surface area contributed by atoms with Gasteiger partial charge in [0.1, 0.15) is 5.78 Å². The van der Waals surface area contributed by atoms with Crippen LogP contribution in [0.15, 0.2) is 60.7 Å². The van der Waals surface area contributed by atoms with Crippen molar-refractivity contribution < 1.29 is 4.79 Å². The highest BCUT2D eigenvalue weighted by atomic mass is 16.1. The van der Waals surface area contributed by atoms with Crippen LogP contribution in [0, 0.1) is 0 Å². The molecule has 2 aromatic carbocycles. The second-order valence-corrected chi connectivity index (χ2v) is 5.23. The van der Waals surface area contributed by atoms with Gasteiger partial charge in [0.05, 0.1) is 0 Å². The van der Waals surface area contributed by atoms with E-state index in [9.17, 15) is 4.79 Å². The van der Waals surface area contributed by atoms with Crippen molar-refractivity contribution in [3.8, 4) is 0 Å². The van der Waals surface area contributed by atoms with Gasteiger partial charge in [-0.05, 0) is 17.5 Å². The third kappa shape index (κ3) is 4.06. The number of hydrogen-bond acceptors (Lipinski definition) is 1. The number of benzene rings is 2. The van der Waals surface area contributed by atoms with Gasteiger partial charge in [-0.25, -0.2) is 0 Å². The Labute approximate surface area is 121 Å². The summed E-state index contributed by atoms with van der Waals surface area (Å²) in [6.07, 6.45) is 3.71. The number of carbonyl (C=O) groups excluding carboxylic acids is 1. The van der Waals surface area contributed by atoms with E-state index in [0.29, 0.717) is 12.2 Å². The zero-order valence-electron chi connectivity index (χ0n) is 12.1. The van der Waals surface area contributed by atoms with Crippen LogP contribution < -0.4 is 0 Å². The first-order valence-electron chi connectivity index (χ1n) is 7.43. The Morgan fingerprint density at radius 3 is 2.15 bits per heavy atom. The van der Waals surface area contributed by atoms with Gasteiger partial charge in [0.25, 0.3) is 0 Å². The average molecular weight is 266 g/mol. The van der Waals surface area contributed by atoms with Crippen LogP contribution in [0.2, 0.25) is 0 Å². The lowest BCUT2D eigenvalue weighted by atomic mass is 9.87. The molecule has 0 radical (unpaired) electrons. The van der Waals surface area contributed by atoms with Crippen molar-refractivity contribution in [3.63, 3.8) is 0 Å². The molecule has 0 aliphatic heterocycles. The fraction of sp³-hybridized carbons (Fsp3) is 0.316. The van der Waals surface area contributed by atoms with Gasteiger partial charge in [0, 0.05) is 12.3 Å². The molecule has 1 heteroatoms. The number of carbonyl (C=O) groups is 1. The van der Waals surface area contributed by atoms with Crippen molar-refractivity contribution in [1.82, 2.24) is 0 Å². The van der Waals surface area contributed by atoms with E-state index in [1.165, 1.54) is 0 Å². The minimum atomic E-state index is 0.0383. The van der Waals surface area contributed by atoms with E-state index < -0.39 is 0 Å². The third-order valence-electron chi connectivity index (χ3n) is 3.66. The molecule has 0 N–H and O–H groups in total. The normalized spacial score (nSPS) is 12.1. The molecule has 20 heavy (non-hydrogen) atoms. The monoisotopic (exact) mass is 266 g/mol. The molecule has 1 atom stereocenters. The van der Waals surface area contributed by atoms with Gasteiger partial charge in [0.2, 0.25) is 0 Å². The van der Waals surface area contributed by atoms with E-state index >= 15 is 0 Å². The predicted octanol–water partition coefficient (Wildman–Crippen LogP) is 4.77. The number of ketones is 1. The van der Waals surface area contributed by atoms with Crippen LogP contribution in [0.25, 0.3) is 0 Å². The van der Waals surface area contributed by atoms with Crippen molar-refractivity contribution in [1.29, 1.82) is 0 Å². The molecule has 104 valence electrons. The molecule has 0 saturated heterocycles. The molecule has 0 spiro atoms. The summed E-state index contributed by atoms with van der Waals surface area (Å²) in [6, 6.07) is 20.2. The van der Waals surface area contributed by atoms with Crippen molar-refractivity contribution in [3.05, 3.63) is 71.8 Å². The molecule has 1 unspecified atom stereocenters. The van der Waals surface area contributed by atoms with Crippen molar-refractivity contribution in [2.24, 2.45) is 0 Å². The highest BCUT2D eigenvalue weighted by molar-refractivity contribution is 5.87. The first-order chi connectivity index (χ1) is 9.81. The van der Waals surface area contributed by atoms with E-state index in [0.717, 1.165) is 30.4 Å². The maximum absolute atomic E-state index is 12.6. The Kier molecular flexibility index (Phi) is 5.55. The lowest BCUT2D eigenvalue weighted by Gasteiger charge is -2.16. The second-order valence-electron chi connectivity index (χ2n) is 5.23. The molecule has 0 bridgehead atoms. The van der Waals surface area contributed by atoms with Gasteiger partial charge in [-0.1, -0.05) is 80.4 Å². The standard InChI is InChI=1S/C19H22O/c1-2-3-14-18(17-12-8-5-9-13-17)19(20)15-16-10-6-4-7-11-16/h4-13,18H,2-3,14-15H2,1H3. The fourth-order valence-corrected chi connectivity index (χ4v) is 2.53. The first-order valence-corrected chi connectivity index (χ1v) is 7.43. The predicted molar refractivity (Wildman–Crippen MR) is 83.9 cm³/mol. The van der Waals surface area contributed by atoms with Crippen molar-refractivity contribution in [2.75, 3.05) is 0 Å². The minimum absolute atomic E-state index is 0.0383. The molecular formula is C19H22O. The molecule has 0 saturated carbocycles. The molecule has 0 aromatic heterocycles. The van der Waals surface area contributed by atoms with Crippen LogP contribution in [0.3, 0.4) is 0 Å². The molecular weight excluding hydrogens is 244 g/mol. The van der Waals surface area contributed by atoms with Gasteiger partial charge in [-0.15, -0.1) is 0 Å². The Bertz CT molecular complexity index is 516. The molecule has 2 rings (SSSR count). The number of hydrogen-bond donors (Lipinski definition) is 0. The van der Waals surface area contributed by atoms with Crippen LogP contribution in [-0.2, 0) is 11.2 Å². The number of rotatable bonds is 7. The van der Waals surface area contributed by atoms with Gasteiger partial charge in [-0.2, -0.15) is 0 Å². The molecule has 2 aromatic rings. The van der Waals surface area contributed by atoms with E-state index in [2.05, 4.69) is 19.1 Å². The minimum Gasteiger partial charge on any atom is -0.299 e. The molecule has 0 aliphatic rings. The van der Waals surface area contributed by atoms with Gasteiger partial charge in [0.15, 0.2) is 0 Å². The maximum Gasteiger partial charge on any atom is 0.144 e. The SMILES string of the molecule is CCCCC(C(=O)Cc1ccccc1)c1ccccc1. The van der Waals surface area contributed by atoms with Crippen LogP contribution >= 0.6 is 0 Å². The van der Waals surface area contributed by atoms with E-state index in [1.807, 2.05) is 48.5 Å². The molecule has 0 fully saturated rings. The molecule has 1 nitrogen and oxygen atoms in total. The summed E-state index contributed by atoms with van der Waals surface area (Å²) in [7, 11) is 0. The van der Waals surface area contributed by atoms with Crippen LogP contribution in [0.1, 0.15) is 43.2 Å². The fourth-order valence-electron chi connectivity index (χ4n) is 2.53. The van der Waals surface area contributed by atoms with Crippen molar-refractivity contribution in [2.45, 2.75) is 38.5 Å². The van der Waals surface area contributed by atoms with Crippen LogP contribution in [0.5, 0.6) is 0 Å². The lowest BCUT2D eigenvalue weighted by Crippen LogP contribution is -2.15. The Morgan fingerprint density at radius 1 is 0.950 bits per heavy atom. The Morgan fingerprint density at radius 2 is 1.55 bits per heavy atom. The quantitative estimate of drug-likeness (QED) is 0.705. The van der Waals surface area contributed by atoms with Gasteiger partial charge in [-0.3, -0.25) is 4.79 Å². The van der Waals surface area contributed by atoms with Crippen LogP contribution in [-0.4, -0.2) is 5.78 Å². The Hall–Kier alpha value is -1.89. The number of unbranched alkanes of at least 4 members (excludes halogenated alkanes) is 1. The second kappa shape index (κ2) is 7.64. The van der Waals surface area contributed by atoms with E-state index in [-0.39, 0.29) is 5.92 Å². The molecule has 0 heterocycles. The molecule has 0 aliphatic carbocycles. The first kappa shape index (κ1) is 14.5. The zero-order valence-corrected chi connectivity index (χ0v) is 12.1.